The van der Waals surface area contributed by atoms with Crippen LogP contribution in [0.4, 0.5) is 22.7 Å². The number of rotatable bonds is 4. The average molecular weight is 746 g/mol. The van der Waals surface area contributed by atoms with Crippen molar-refractivity contribution in [2.75, 3.05) is 9.80 Å². The predicted octanol–water partition coefficient (Wildman–Crippen LogP) is 12.7. The molecule has 6 unspecified atom stereocenters. The smallest absolute Gasteiger partial charge is 0.128 e. The van der Waals surface area contributed by atoms with Crippen LogP contribution in [0.15, 0.2) is 200 Å². The highest BCUT2D eigenvalue weighted by Gasteiger charge is 2.43. The van der Waals surface area contributed by atoms with Crippen molar-refractivity contribution in [2.24, 2.45) is 0 Å². The Bertz CT molecular complexity index is 3000. The molecule has 7 aromatic rings. The maximum atomic E-state index is 6.64. The number of anilines is 4. The summed E-state index contributed by atoms with van der Waals surface area (Å²) in [6, 6.07) is 51.8. The minimum absolute atomic E-state index is 0.0310. The standard InChI is InChI=1S/C54H39N3O/c1-2-13-35(14-3-1)55-48-22-10-6-17-41(48)43-31-34(25-28-50(43)55)38-19-12-24-51-54(38)42-18-7-11-23-49(42)57(51)37-27-30-53-45(33-37)44-32-36(26-29-52(44)58-53)56-46-20-8-4-15-39(46)40-16-5-9-21-47(40)56/h1-33,41,44,48,51-52,54H. The molecule has 1 aromatic heterocycles. The van der Waals surface area contributed by atoms with Gasteiger partial charge in [0.15, 0.2) is 0 Å². The van der Waals surface area contributed by atoms with Crippen molar-refractivity contribution in [1.29, 1.82) is 0 Å². The van der Waals surface area contributed by atoms with Crippen molar-refractivity contribution < 1.29 is 4.74 Å². The molecule has 0 fully saturated rings. The number of hydrogen-bond acceptors (Lipinski definition) is 3. The van der Waals surface area contributed by atoms with Crippen LogP contribution in [0.25, 0.3) is 33.1 Å². The third-order valence-corrected chi connectivity index (χ3v) is 13.4. The summed E-state index contributed by atoms with van der Waals surface area (Å²) in [4.78, 5) is 5.09. The van der Waals surface area contributed by atoms with E-state index >= 15 is 0 Å². The molecule has 0 amide bonds. The van der Waals surface area contributed by atoms with Gasteiger partial charge in [0.2, 0.25) is 0 Å². The molecule has 3 aliphatic heterocycles. The molecular formula is C54H39N3O. The van der Waals surface area contributed by atoms with Gasteiger partial charge in [-0.1, -0.05) is 121 Å². The van der Waals surface area contributed by atoms with Crippen LogP contribution in [0.5, 0.6) is 5.75 Å². The Morgan fingerprint density at radius 2 is 1.22 bits per heavy atom. The summed E-state index contributed by atoms with van der Waals surface area (Å²) in [5.41, 5.74) is 15.3. The van der Waals surface area contributed by atoms with Gasteiger partial charge in [-0.3, -0.25) is 0 Å². The number of para-hydroxylation sites is 4. The highest BCUT2D eigenvalue weighted by atomic mass is 16.5. The van der Waals surface area contributed by atoms with Crippen molar-refractivity contribution in [3.63, 3.8) is 0 Å². The molecule has 4 nitrogen and oxygen atoms in total. The second kappa shape index (κ2) is 12.2. The molecule has 276 valence electrons. The number of hydrogen-bond donors (Lipinski definition) is 0. The molecule has 0 saturated carbocycles. The van der Waals surface area contributed by atoms with Crippen LogP contribution >= 0.6 is 0 Å². The Hall–Kier alpha value is -7.04. The van der Waals surface area contributed by atoms with Crippen LogP contribution in [0.2, 0.25) is 0 Å². The Kier molecular flexibility index (Phi) is 6.77. The van der Waals surface area contributed by atoms with E-state index in [0.29, 0.717) is 5.92 Å². The minimum atomic E-state index is -0.0310. The van der Waals surface area contributed by atoms with Crippen LogP contribution in [-0.2, 0) is 0 Å². The average Bonchev–Trinajstić information content (AvgIpc) is 4.02. The molecule has 3 aliphatic carbocycles. The number of allylic oxidation sites excluding steroid dienone is 6. The van der Waals surface area contributed by atoms with Gasteiger partial charge < -0.3 is 19.1 Å². The van der Waals surface area contributed by atoms with Crippen molar-refractivity contribution in [1.82, 2.24) is 4.57 Å². The lowest BCUT2D eigenvalue weighted by Gasteiger charge is -2.32. The number of aromatic nitrogens is 1. The second-order valence-electron chi connectivity index (χ2n) is 16.3. The van der Waals surface area contributed by atoms with Gasteiger partial charge >= 0.3 is 0 Å². The SMILES string of the molecule is C1=CC2c3cc(C4=CC=CC5C4c4ccccc4N5c4ccc5c(c4)C4C=C(n6c7ccccc7c7ccccc76)C=CC4O5)ccc3N(c3ccccc3)C2C=C1. The van der Waals surface area contributed by atoms with Gasteiger partial charge in [0.1, 0.15) is 11.9 Å². The van der Waals surface area contributed by atoms with Gasteiger partial charge in [0.05, 0.1) is 23.1 Å². The lowest BCUT2D eigenvalue weighted by molar-refractivity contribution is 0.269. The third kappa shape index (κ3) is 4.51. The van der Waals surface area contributed by atoms with E-state index in [1.54, 1.807) is 0 Å². The van der Waals surface area contributed by atoms with Crippen molar-refractivity contribution >= 4 is 55.8 Å². The molecule has 0 saturated heterocycles. The van der Waals surface area contributed by atoms with Crippen LogP contribution in [0.1, 0.15) is 40.0 Å². The topological polar surface area (TPSA) is 20.6 Å². The maximum absolute atomic E-state index is 6.64. The molecule has 0 spiro atoms. The van der Waals surface area contributed by atoms with E-state index < -0.39 is 0 Å². The van der Waals surface area contributed by atoms with Crippen LogP contribution < -0.4 is 14.5 Å². The zero-order chi connectivity index (χ0) is 37.9. The highest BCUT2D eigenvalue weighted by molar-refractivity contribution is 6.10. The van der Waals surface area contributed by atoms with Crippen LogP contribution in [0.3, 0.4) is 0 Å². The van der Waals surface area contributed by atoms with Crippen molar-refractivity contribution in [2.45, 2.75) is 35.9 Å². The largest absolute Gasteiger partial charge is 0.485 e. The van der Waals surface area contributed by atoms with Crippen molar-refractivity contribution in [3.05, 3.63) is 223 Å². The summed E-state index contributed by atoms with van der Waals surface area (Å²) < 4.78 is 9.05. The molecular weight excluding hydrogens is 707 g/mol. The lowest BCUT2D eigenvalue weighted by Crippen LogP contribution is -2.30. The first kappa shape index (κ1) is 32.1. The summed E-state index contributed by atoms with van der Waals surface area (Å²) >= 11 is 0. The fraction of sp³-hybridized carbons (Fsp3) is 0.111. The summed E-state index contributed by atoms with van der Waals surface area (Å²) in [5, 5.41) is 2.55. The maximum Gasteiger partial charge on any atom is 0.128 e. The predicted molar refractivity (Wildman–Crippen MR) is 239 cm³/mol. The van der Waals surface area contributed by atoms with E-state index in [9.17, 15) is 0 Å². The first-order valence-corrected chi connectivity index (χ1v) is 20.6. The first-order valence-electron chi connectivity index (χ1n) is 20.6. The zero-order valence-electron chi connectivity index (χ0n) is 31.8. The van der Waals surface area contributed by atoms with E-state index in [1.165, 1.54) is 78.1 Å². The van der Waals surface area contributed by atoms with Gasteiger partial charge in [-0.25, -0.2) is 0 Å². The summed E-state index contributed by atoms with van der Waals surface area (Å²) in [5.74, 6) is 1.58. The van der Waals surface area contributed by atoms with E-state index in [-0.39, 0.29) is 30.0 Å². The number of fused-ring (bicyclic) bond motifs is 12. The Morgan fingerprint density at radius 3 is 2.09 bits per heavy atom. The fourth-order valence-corrected chi connectivity index (χ4v) is 11.0. The van der Waals surface area contributed by atoms with E-state index in [0.717, 1.165) is 5.75 Å². The lowest BCUT2D eigenvalue weighted by atomic mass is 9.79. The molecule has 4 heteroatoms. The van der Waals surface area contributed by atoms with E-state index in [1.807, 2.05) is 0 Å². The Labute approximate surface area is 337 Å². The minimum Gasteiger partial charge on any atom is -0.485 e. The summed E-state index contributed by atoms with van der Waals surface area (Å²) in [6.45, 7) is 0. The van der Waals surface area contributed by atoms with Gasteiger partial charge in [-0.2, -0.15) is 0 Å². The van der Waals surface area contributed by atoms with Crippen molar-refractivity contribution in [3.8, 4) is 5.75 Å². The summed E-state index contributed by atoms with van der Waals surface area (Å²) in [7, 11) is 0. The first-order chi connectivity index (χ1) is 28.8. The number of nitrogens with zero attached hydrogens (tertiary/aromatic N) is 3. The number of ether oxygens (including phenoxy) is 1. The molecule has 6 atom stereocenters. The van der Waals surface area contributed by atoms with Crippen LogP contribution in [-0.4, -0.2) is 22.8 Å². The highest BCUT2D eigenvalue weighted by Crippen LogP contribution is 2.55. The van der Waals surface area contributed by atoms with Gasteiger partial charge in [0.25, 0.3) is 0 Å². The molecule has 0 bridgehead atoms. The molecule has 4 heterocycles. The normalized spacial score (nSPS) is 24.2. The Balaban J connectivity index is 0.878. The fourth-order valence-electron chi connectivity index (χ4n) is 11.0. The Morgan fingerprint density at radius 1 is 0.500 bits per heavy atom. The van der Waals surface area contributed by atoms with E-state index in [2.05, 4.69) is 215 Å². The summed E-state index contributed by atoms with van der Waals surface area (Å²) in [6.07, 6.45) is 23.1. The molecule has 13 rings (SSSR count). The van der Waals surface area contributed by atoms with Crippen LogP contribution in [0, 0.1) is 0 Å². The van der Waals surface area contributed by atoms with Gasteiger partial charge in [-0.15, -0.1) is 0 Å². The second-order valence-corrected chi connectivity index (χ2v) is 16.3. The molecule has 6 aromatic carbocycles. The monoisotopic (exact) mass is 745 g/mol. The molecule has 6 aliphatic rings. The molecule has 0 radical (unpaired) electrons. The molecule has 58 heavy (non-hydrogen) atoms. The third-order valence-electron chi connectivity index (χ3n) is 13.4. The van der Waals surface area contributed by atoms with Gasteiger partial charge in [-0.05, 0) is 101 Å². The zero-order valence-corrected chi connectivity index (χ0v) is 31.8. The quantitative estimate of drug-likeness (QED) is 0.179. The van der Waals surface area contributed by atoms with Gasteiger partial charge in [0, 0.05) is 62.5 Å². The van der Waals surface area contributed by atoms with E-state index in [4.69, 9.17) is 4.74 Å². The molecule has 0 N–H and O–H groups in total. The number of benzene rings is 6.